The van der Waals surface area contributed by atoms with E-state index in [0.29, 0.717) is 12.6 Å². The minimum atomic E-state index is -0.0194. The van der Waals surface area contributed by atoms with E-state index in [1.54, 1.807) is 0 Å². The zero-order chi connectivity index (χ0) is 16.5. The third kappa shape index (κ3) is 6.61. The quantitative estimate of drug-likeness (QED) is 0.559. The van der Waals surface area contributed by atoms with Crippen LogP contribution in [0.15, 0.2) is 29.3 Å². The SMILES string of the molecule is CCNC(=NCc1ccc(NC(=O)C(C)C)cc1)NC(C)C. The van der Waals surface area contributed by atoms with Crippen molar-refractivity contribution in [1.82, 2.24) is 10.6 Å². The van der Waals surface area contributed by atoms with Crippen LogP contribution in [0.5, 0.6) is 0 Å². The summed E-state index contributed by atoms with van der Waals surface area (Å²) in [5.41, 5.74) is 1.92. The van der Waals surface area contributed by atoms with Crippen molar-refractivity contribution in [2.24, 2.45) is 10.9 Å². The number of benzene rings is 1. The fourth-order valence-electron chi connectivity index (χ4n) is 1.74. The van der Waals surface area contributed by atoms with Crippen molar-refractivity contribution in [3.8, 4) is 0 Å². The highest BCUT2D eigenvalue weighted by Gasteiger charge is 2.06. The van der Waals surface area contributed by atoms with Crippen LogP contribution in [0.4, 0.5) is 5.69 Å². The van der Waals surface area contributed by atoms with Gasteiger partial charge < -0.3 is 16.0 Å². The summed E-state index contributed by atoms with van der Waals surface area (Å²) in [6.45, 7) is 11.4. The molecule has 0 bridgehead atoms. The van der Waals surface area contributed by atoms with Crippen LogP contribution in [0.3, 0.4) is 0 Å². The summed E-state index contributed by atoms with van der Waals surface area (Å²) in [6, 6.07) is 8.13. The molecule has 3 N–H and O–H groups in total. The highest BCUT2D eigenvalue weighted by atomic mass is 16.1. The minimum Gasteiger partial charge on any atom is -0.357 e. The van der Waals surface area contributed by atoms with E-state index in [9.17, 15) is 4.79 Å². The minimum absolute atomic E-state index is 0.0194. The molecule has 5 nitrogen and oxygen atoms in total. The van der Waals surface area contributed by atoms with Gasteiger partial charge in [0.1, 0.15) is 0 Å². The molecule has 0 aliphatic rings. The van der Waals surface area contributed by atoms with Gasteiger partial charge in [-0.1, -0.05) is 26.0 Å². The zero-order valence-corrected chi connectivity index (χ0v) is 14.2. The molecule has 0 aliphatic carbocycles. The lowest BCUT2D eigenvalue weighted by Gasteiger charge is -2.14. The van der Waals surface area contributed by atoms with E-state index in [1.165, 1.54) is 0 Å². The van der Waals surface area contributed by atoms with Gasteiger partial charge in [0, 0.05) is 24.2 Å². The molecule has 0 saturated heterocycles. The molecule has 0 fully saturated rings. The van der Waals surface area contributed by atoms with E-state index in [0.717, 1.165) is 23.8 Å². The van der Waals surface area contributed by atoms with Gasteiger partial charge in [0.25, 0.3) is 0 Å². The average molecular weight is 304 g/mol. The Bertz CT molecular complexity index is 492. The van der Waals surface area contributed by atoms with Crippen LogP contribution in [0.2, 0.25) is 0 Å². The summed E-state index contributed by atoms with van der Waals surface area (Å²) in [7, 11) is 0. The van der Waals surface area contributed by atoms with Crippen LogP contribution in [-0.2, 0) is 11.3 Å². The number of aliphatic imine (C=N–C) groups is 1. The molecule has 122 valence electrons. The predicted molar refractivity (Wildman–Crippen MR) is 93.0 cm³/mol. The summed E-state index contributed by atoms with van der Waals surface area (Å²) in [4.78, 5) is 16.2. The summed E-state index contributed by atoms with van der Waals surface area (Å²) < 4.78 is 0. The number of nitrogens with zero attached hydrogens (tertiary/aromatic N) is 1. The fraction of sp³-hybridized carbons (Fsp3) is 0.529. The van der Waals surface area contributed by atoms with Gasteiger partial charge in [-0.3, -0.25) is 4.79 Å². The van der Waals surface area contributed by atoms with E-state index < -0.39 is 0 Å². The topological polar surface area (TPSA) is 65.5 Å². The van der Waals surface area contributed by atoms with E-state index in [-0.39, 0.29) is 11.8 Å². The first-order valence-electron chi connectivity index (χ1n) is 7.87. The first-order chi connectivity index (χ1) is 10.4. The first kappa shape index (κ1) is 18.0. The Morgan fingerprint density at radius 2 is 1.77 bits per heavy atom. The van der Waals surface area contributed by atoms with Gasteiger partial charge in [-0.05, 0) is 38.5 Å². The van der Waals surface area contributed by atoms with E-state index in [4.69, 9.17) is 0 Å². The second-order valence-electron chi connectivity index (χ2n) is 5.84. The highest BCUT2D eigenvalue weighted by Crippen LogP contribution is 2.11. The Morgan fingerprint density at radius 1 is 1.14 bits per heavy atom. The molecule has 1 aromatic rings. The molecule has 0 heterocycles. The number of anilines is 1. The molecule has 5 heteroatoms. The second-order valence-corrected chi connectivity index (χ2v) is 5.84. The van der Waals surface area contributed by atoms with Crippen molar-refractivity contribution in [2.45, 2.75) is 47.2 Å². The van der Waals surface area contributed by atoms with E-state index in [1.807, 2.05) is 45.0 Å². The normalized spacial score (nSPS) is 11.7. The van der Waals surface area contributed by atoms with Crippen LogP contribution in [0.25, 0.3) is 0 Å². The van der Waals surface area contributed by atoms with Gasteiger partial charge in [0.15, 0.2) is 5.96 Å². The summed E-state index contributed by atoms with van der Waals surface area (Å²) in [6.07, 6.45) is 0. The molecular formula is C17H28N4O. The van der Waals surface area contributed by atoms with Gasteiger partial charge in [0.05, 0.1) is 6.54 Å². The Hall–Kier alpha value is -2.04. The first-order valence-corrected chi connectivity index (χ1v) is 7.87. The maximum atomic E-state index is 11.6. The zero-order valence-electron chi connectivity index (χ0n) is 14.2. The fourth-order valence-corrected chi connectivity index (χ4v) is 1.74. The second kappa shape index (κ2) is 9.07. The number of carbonyl (C=O) groups excluding carboxylic acids is 1. The van der Waals surface area contributed by atoms with Crippen molar-refractivity contribution in [3.05, 3.63) is 29.8 Å². The number of hydrogen-bond donors (Lipinski definition) is 3. The van der Waals surface area contributed by atoms with Gasteiger partial charge in [0.2, 0.25) is 5.91 Å². The Labute approximate surface area is 133 Å². The van der Waals surface area contributed by atoms with E-state index in [2.05, 4.69) is 34.8 Å². The number of hydrogen-bond acceptors (Lipinski definition) is 2. The van der Waals surface area contributed by atoms with Crippen molar-refractivity contribution < 1.29 is 4.79 Å². The van der Waals surface area contributed by atoms with Crippen molar-refractivity contribution >= 4 is 17.6 Å². The lowest BCUT2D eigenvalue weighted by Crippen LogP contribution is -2.40. The van der Waals surface area contributed by atoms with Crippen molar-refractivity contribution in [3.63, 3.8) is 0 Å². The molecule has 1 amide bonds. The monoisotopic (exact) mass is 304 g/mol. The van der Waals surface area contributed by atoms with Crippen molar-refractivity contribution in [1.29, 1.82) is 0 Å². The molecule has 0 unspecified atom stereocenters. The third-order valence-electron chi connectivity index (χ3n) is 2.94. The largest absolute Gasteiger partial charge is 0.357 e. The van der Waals surface area contributed by atoms with Gasteiger partial charge in [-0.15, -0.1) is 0 Å². The maximum Gasteiger partial charge on any atom is 0.226 e. The molecule has 1 rings (SSSR count). The number of nitrogens with one attached hydrogen (secondary N) is 3. The molecule has 0 aliphatic heterocycles. The predicted octanol–water partition coefficient (Wildman–Crippen LogP) is 2.74. The van der Waals surface area contributed by atoms with Gasteiger partial charge in [-0.25, -0.2) is 4.99 Å². The standard InChI is InChI=1S/C17H28N4O/c1-6-18-17(20-13(4)5)19-11-14-7-9-15(10-8-14)21-16(22)12(2)3/h7-10,12-13H,6,11H2,1-5H3,(H,21,22)(H2,18,19,20). The Balaban J connectivity index is 2.64. The van der Waals surface area contributed by atoms with Crippen LogP contribution in [0.1, 0.15) is 40.2 Å². The van der Waals surface area contributed by atoms with Crippen LogP contribution >= 0.6 is 0 Å². The number of rotatable bonds is 6. The van der Waals surface area contributed by atoms with Gasteiger partial charge >= 0.3 is 0 Å². The Morgan fingerprint density at radius 3 is 2.27 bits per heavy atom. The maximum absolute atomic E-state index is 11.6. The van der Waals surface area contributed by atoms with Crippen LogP contribution < -0.4 is 16.0 Å². The lowest BCUT2D eigenvalue weighted by molar-refractivity contribution is -0.118. The van der Waals surface area contributed by atoms with Crippen molar-refractivity contribution in [2.75, 3.05) is 11.9 Å². The molecule has 0 aromatic heterocycles. The molecular weight excluding hydrogens is 276 g/mol. The Kier molecular flexibility index (Phi) is 7.43. The number of carbonyl (C=O) groups is 1. The highest BCUT2D eigenvalue weighted by molar-refractivity contribution is 5.92. The molecule has 0 saturated carbocycles. The smallest absolute Gasteiger partial charge is 0.226 e. The lowest BCUT2D eigenvalue weighted by atomic mass is 10.2. The molecule has 22 heavy (non-hydrogen) atoms. The molecule has 0 spiro atoms. The molecule has 1 aromatic carbocycles. The number of amides is 1. The van der Waals surface area contributed by atoms with E-state index >= 15 is 0 Å². The average Bonchev–Trinajstić information content (AvgIpc) is 2.45. The van der Waals surface area contributed by atoms with Crippen LogP contribution in [0, 0.1) is 5.92 Å². The number of guanidine groups is 1. The third-order valence-corrected chi connectivity index (χ3v) is 2.94. The summed E-state index contributed by atoms with van der Waals surface area (Å²) >= 11 is 0. The molecule has 0 radical (unpaired) electrons. The summed E-state index contributed by atoms with van der Waals surface area (Å²) in [5.74, 6) is 0.824. The molecule has 0 atom stereocenters. The van der Waals surface area contributed by atoms with Crippen LogP contribution in [-0.4, -0.2) is 24.5 Å². The van der Waals surface area contributed by atoms with Gasteiger partial charge in [-0.2, -0.15) is 0 Å². The summed E-state index contributed by atoms with van der Waals surface area (Å²) in [5, 5.41) is 9.38.